The van der Waals surface area contributed by atoms with Gasteiger partial charge in [0.25, 0.3) is 0 Å². The minimum Gasteiger partial charge on any atom is -0.493 e. The Balaban J connectivity index is 1.87. The van der Waals surface area contributed by atoms with E-state index in [0.717, 1.165) is 25.2 Å². The van der Waals surface area contributed by atoms with E-state index < -0.39 is 12.4 Å². The van der Waals surface area contributed by atoms with Gasteiger partial charge in [0.1, 0.15) is 11.9 Å². The van der Waals surface area contributed by atoms with Crippen molar-refractivity contribution in [1.29, 1.82) is 0 Å². The molecule has 0 bridgehead atoms. The lowest BCUT2D eigenvalue weighted by Crippen LogP contribution is -2.32. The van der Waals surface area contributed by atoms with Gasteiger partial charge in [0.2, 0.25) is 0 Å². The number of hydrogen-bond donors (Lipinski definition) is 1. The Morgan fingerprint density at radius 3 is 2.70 bits per heavy atom. The predicted octanol–water partition coefficient (Wildman–Crippen LogP) is 2.31. The summed E-state index contributed by atoms with van der Waals surface area (Å²) in [5, 5.41) is 10.2. The number of benzene rings is 1. The highest BCUT2D eigenvalue weighted by atomic mass is 16.7. The molecule has 1 unspecified atom stereocenters. The summed E-state index contributed by atoms with van der Waals surface area (Å²) >= 11 is 0. The molecule has 0 fully saturated rings. The van der Waals surface area contributed by atoms with E-state index in [4.69, 9.17) is 14.2 Å². The summed E-state index contributed by atoms with van der Waals surface area (Å²) in [6.07, 6.45) is 1.30. The average Bonchev–Trinajstić information content (AvgIpc) is 2.92. The predicted molar refractivity (Wildman–Crippen MR) is 77.0 cm³/mol. The molecular formula is C16H24O4. The van der Waals surface area contributed by atoms with Crippen molar-refractivity contribution in [1.82, 2.24) is 0 Å². The van der Waals surface area contributed by atoms with Crippen molar-refractivity contribution in [3.05, 3.63) is 29.3 Å². The van der Waals surface area contributed by atoms with Crippen molar-refractivity contribution >= 4 is 0 Å². The Hall–Kier alpha value is -1.10. The molecule has 1 aliphatic rings. The van der Waals surface area contributed by atoms with Crippen molar-refractivity contribution in [2.24, 2.45) is 0 Å². The molecule has 20 heavy (non-hydrogen) atoms. The molecule has 0 saturated carbocycles. The van der Waals surface area contributed by atoms with E-state index >= 15 is 0 Å². The number of aliphatic hydroxyl groups excluding tert-OH is 1. The van der Waals surface area contributed by atoms with Crippen molar-refractivity contribution in [2.75, 3.05) is 19.8 Å². The van der Waals surface area contributed by atoms with Crippen molar-refractivity contribution < 1.29 is 19.3 Å². The molecule has 1 heterocycles. The first-order valence-corrected chi connectivity index (χ1v) is 7.40. The summed E-state index contributed by atoms with van der Waals surface area (Å²) < 4.78 is 16.3. The van der Waals surface area contributed by atoms with Gasteiger partial charge in [-0.25, -0.2) is 0 Å². The van der Waals surface area contributed by atoms with Crippen LogP contribution in [0.25, 0.3) is 0 Å². The molecule has 4 nitrogen and oxygen atoms in total. The van der Waals surface area contributed by atoms with Crippen LogP contribution in [-0.4, -0.2) is 37.3 Å². The van der Waals surface area contributed by atoms with E-state index in [-0.39, 0.29) is 0 Å². The van der Waals surface area contributed by atoms with Crippen LogP contribution in [0.4, 0.5) is 0 Å². The van der Waals surface area contributed by atoms with E-state index in [2.05, 4.69) is 12.1 Å². The second-order valence-corrected chi connectivity index (χ2v) is 4.93. The molecule has 2 rings (SSSR count). The van der Waals surface area contributed by atoms with E-state index in [1.54, 1.807) is 0 Å². The fourth-order valence-electron chi connectivity index (χ4n) is 2.44. The zero-order valence-electron chi connectivity index (χ0n) is 12.3. The quantitative estimate of drug-likeness (QED) is 0.742. The lowest BCUT2D eigenvalue weighted by atomic mass is 10.0. The van der Waals surface area contributed by atoms with Crippen LogP contribution < -0.4 is 4.74 Å². The van der Waals surface area contributed by atoms with Gasteiger partial charge in [-0.2, -0.15) is 0 Å². The van der Waals surface area contributed by atoms with Crippen molar-refractivity contribution in [3.63, 3.8) is 0 Å². The van der Waals surface area contributed by atoms with Gasteiger partial charge >= 0.3 is 0 Å². The van der Waals surface area contributed by atoms with Gasteiger partial charge < -0.3 is 19.3 Å². The first kappa shape index (κ1) is 15.3. The second-order valence-electron chi connectivity index (χ2n) is 4.93. The van der Waals surface area contributed by atoms with Gasteiger partial charge in [-0.3, -0.25) is 0 Å². The third-order valence-corrected chi connectivity index (χ3v) is 3.46. The van der Waals surface area contributed by atoms with Crippen molar-refractivity contribution in [3.8, 4) is 5.75 Å². The smallest absolute Gasteiger partial charge is 0.183 e. The van der Waals surface area contributed by atoms with Crippen LogP contribution >= 0.6 is 0 Å². The summed E-state index contributed by atoms with van der Waals surface area (Å²) in [5.74, 6) is 0.996. The Morgan fingerprint density at radius 2 is 2.00 bits per heavy atom. The summed E-state index contributed by atoms with van der Waals surface area (Å²) in [7, 11) is 0. The number of fused-ring (bicyclic) bond motifs is 1. The summed E-state index contributed by atoms with van der Waals surface area (Å²) in [4.78, 5) is 0. The maximum atomic E-state index is 10.2. The summed E-state index contributed by atoms with van der Waals surface area (Å²) in [6.45, 7) is 5.66. The maximum Gasteiger partial charge on any atom is 0.183 e. The second kappa shape index (κ2) is 7.62. The normalized spacial score (nSPS) is 15.2. The molecule has 1 aliphatic heterocycles. The van der Waals surface area contributed by atoms with E-state index in [1.165, 1.54) is 11.1 Å². The van der Waals surface area contributed by atoms with Crippen LogP contribution in [0.1, 0.15) is 31.4 Å². The molecule has 1 aromatic rings. The largest absolute Gasteiger partial charge is 0.493 e. The number of ether oxygens (including phenoxy) is 3. The topological polar surface area (TPSA) is 47.9 Å². The molecule has 0 radical (unpaired) electrons. The zero-order chi connectivity index (χ0) is 14.4. The number of hydrogen-bond acceptors (Lipinski definition) is 4. The number of aryl methyl sites for hydroxylation is 1. The minimum absolute atomic E-state index is 0.525. The third kappa shape index (κ3) is 3.95. The fourth-order valence-corrected chi connectivity index (χ4v) is 2.44. The molecule has 112 valence electrons. The first-order chi connectivity index (χ1) is 9.74. The van der Waals surface area contributed by atoms with E-state index in [9.17, 15) is 5.11 Å². The Bertz CT molecular complexity index is 413. The van der Waals surface area contributed by atoms with Crippen LogP contribution in [0.15, 0.2) is 18.2 Å². The molecule has 1 atom stereocenters. The van der Waals surface area contributed by atoms with Crippen LogP contribution in [0.5, 0.6) is 5.75 Å². The van der Waals surface area contributed by atoms with E-state index in [1.807, 2.05) is 19.9 Å². The van der Waals surface area contributed by atoms with Gasteiger partial charge in [-0.1, -0.05) is 12.1 Å². The highest BCUT2D eigenvalue weighted by molar-refractivity contribution is 5.39. The maximum absolute atomic E-state index is 10.2. The standard InChI is InChI=1S/C16H24O4/c1-3-18-16(19-4-2)14(17)7-5-12-6-8-15-13(11-12)9-10-20-15/h6,8,11,14,16-17H,3-5,7,9-10H2,1-2H3. The van der Waals surface area contributed by atoms with Gasteiger partial charge in [-0.15, -0.1) is 0 Å². The van der Waals surface area contributed by atoms with Gasteiger partial charge in [-0.05, 0) is 43.9 Å². The molecular weight excluding hydrogens is 256 g/mol. The molecule has 1 N–H and O–H groups in total. The van der Waals surface area contributed by atoms with Gasteiger partial charge in [0.15, 0.2) is 6.29 Å². The van der Waals surface area contributed by atoms with Gasteiger partial charge in [0, 0.05) is 19.6 Å². The molecule has 0 saturated heterocycles. The molecule has 4 heteroatoms. The molecule has 1 aromatic carbocycles. The number of rotatable bonds is 8. The number of aliphatic hydroxyl groups is 1. The van der Waals surface area contributed by atoms with Crippen LogP contribution in [0.2, 0.25) is 0 Å². The molecule has 0 spiro atoms. The minimum atomic E-state index is -0.598. The zero-order valence-corrected chi connectivity index (χ0v) is 12.3. The fraction of sp³-hybridized carbons (Fsp3) is 0.625. The Morgan fingerprint density at radius 1 is 1.25 bits per heavy atom. The van der Waals surface area contributed by atoms with E-state index in [0.29, 0.717) is 19.6 Å². The highest BCUT2D eigenvalue weighted by Gasteiger charge is 2.20. The average molecular weight is 280 g/mol. The Kier molecular flexibility index (Phi) is 5.83. The molecule has 0 aromatic heterocycles. The van der Waals surface area contributed by atoms with Crippen LogP contribution in [0, 0.1) is 0 Å². The first-order valence-electron chi connectivity index (χ1n) is 7.40. The van der Waals surface area contributed by atoms with Crippen molar-refractivity contribution in [2.45, 2.75) is 45.5 Å². The van der Waals surface area contributed by atoms with Crippen LogP contribution in [0.3, 0.4) is 0 Å². The monoisotopic (exact) mass is 280 g/mol. The SMILES string of the molecule is CCOC(OCC)C(O)CCc1ccc2c(c1)CCO2. The molecule has 0 aliphatic carbocycles. The lowest BCUT2D eigenvalue weighted by molar-refractivity contribution is -0.190. The highest BCUT2D eigenvalue weighted by Crippen LogP contribution is 2.26. The summed E-state index contributed by atoms with van der Waals surface area (Å²) in [6, 6.07) is 6.26. The van der Waals surface area contributed by atoms with Crippen LogP contribution in [-0.2, 0) is 22.3 Å². The lowest BCUT2D eigenvalue weighted by Gasteiger charge is -2.22. The molecule has 0 amide bonds. The Labute approximate surface area is 120 Å². The summed E-state index contributed by atoms with van der Waals surface area (Å²) in [5.41, 5.74) is 2.49. The third-order valence-electron chi connectivity index (χ3n) is 3.46. The van der Waals surface area contributed by atoms with Gasteiger partial charge in [0.05, 0.1) is 6.61 Å².